The van der Waals surface area contributed by atoms with Crippen LogP contribution in [0.1, 0.15) is 10.4 Å². The van der Waals surface area contributed by atoms with Gasteiger partial charge < -0.3 is 5.11 Å². The molecule has 0 aromatic heterocycles. The van der Waals surface area contributed by atoms with Gasteiger partial charge >= 0.3 is 5.97 Å². The third-order valence-electron chi connectivity index (χ3n) is 2.26. The number of halogens is 1. The number of carbonyl (C=O) groups is 1. The lowest BCUT2D eigenvalue weighted by atomic mass is 10.2. The van der Waals surface area contributed by atoms with E-state index >= 15 is 0 Å². The van der Waals surface area contributed by atoms with E-state index in [4.69, 9.17) is 5.11 Å². The van der Waals surface area contributed by atoms with Gasteiger partial charge in [0.1, 0.15) is 0 Å². The summed E-state index contributed by atoms with van der Waals surface area (Å²) in [5.41, 5.74) is -0.0244. The molecule has 0 fully saturated rings. The molecule has 0 heterocycles. The fraction of sp³-hybridized carbons (Fsp3) is 0.182. The molecule has 1 N–H and O–H groups in total. The Morgan fingerprint density at radius 3 is 2.67 bits per heavy atom. The normalized spacial score (nSPS) is 11.5. The quantitative estimate of drug-likeness (QED) is 0.624. The molecule has 0 saturated carbocycles. The van der Waals surface area contributed by atoms with E-state index in [-0.39, 0.29) is 17.0 Å². The number of likely N-dealkylation sites (N-methyl/N-ethyl adjacent to an activating group) is 1. The first kappa shape index (κ1) is 15.1. The molecule has 0 aliphatic rings. The lowest BCUT2D eigenvalue weighted by Crippen LogP contribution is -2.27. The molecule has 7 heteroatoms. The monoisotopic (exact) mass is 381 g/mol. The second-order valence-corrected chi connectivity index (χ2v) is 6.73. The predicted octanol–water partition coefficient (Wildman–Crippen LogP) is 1.80. The summed E-state index contributed by atoms with van der Waals surface area (Å²) in [5.74, 6) is -1.15. The lowest BCUT2D eigenvalue weighted by Gasteiger charge is -2.15. The Morgan fingerprint density at radius 2 is 2.17 bits per heavy atom. The Balaban J connectivity index is 3.30. The van der Waals surface area contributed by atoms with Crippen molar-refractivity contribution in [3.05, 3.63) is 40.0 Å². The summed E-state index contributed by atoms with van der Waals surface area (Å²) in [7, 11) is -2.27. The van der Waals surface area contributed by atoms with Gasteiger partial charge in [-0.1, -0.05) is 6.08 Å². The van der Waals surface area contributed by atoms with E-state index in [9.17, 15) is 13.2 Å². The van der Waals surface area contributed by atoms with Gasteiger partial charge in [-0.2, -0.15) is 4.31 Å². The summed E-state index contributed by atoms with van der Waals surface area (Å²) in [6.45, 7) is 3.63. The van der Waals surface area contributed by atoms with Crippen LogP contribution in [0.5, 0.6) is 0 Å². The standard InChI is InChI=1S/C11H12INO4S/c1-3-6-13(2)18(16,17)8-4-5-10(12)9(7-8)11(14)15/h3-5,7H,1,6H2,2H3,(H,14,15). The van der Waals surface area contributed by atoms with Crippen LogP contribution in [0.3, 0.4) is 0 Å². The van der Waals surface area contributed by atoms with E-state index in [1.54, 1.807) is 0 Å². The Bertz CT molecular complexity index is 583. The fourth-order valence-electron chi connectivity index (χ4n) is 1.29. The summed E-state index contributed by atoms with van der Waals surface area (Å²) in [6, 6.07) is 4.03. The molecular formula is C11H12INO4S. The minimum atomic E-state index is -3.68. The van der Waals surface area contributed by atoms with Crippen LogP contribution in [-0.2, 0) is 10.0 Å². The van der Waals surface area contributed by atoms with Crippen LogP contribution >= 0.6 is 22.6 Å². The van der Waals surface area contributed by atoms with Crippen LogP contribution < -0.4 is 0 Å². The Morgan fingerprint density at radius 1 is 1.56 bits per heavy atom. The van der Waals surface area contributed by atoms with Crippen molar-refractivity contribution in [3.8, 4) is 0 Å². The molecule has 1 aromatic rings. The first-order valence-corrected chi connectivity index (χ1v) is 7.42. The molecule has 0 spiro atoms. The second kappa shape index (κ2) is 5.81. The van der Waals surface area contributed by atoms with Crippen LogP contribution in [-0.4, -0.2) is 37.4 Å². The van der Waals surface area contributed by atoms with Crippen LogP contribution in [0, 0.1) is 3.57 Å². The molecule has 0 amide bonds. The maximum Gasteiger partial charge on any atom is 0.336 e. The van der Waals surface area contributed by atoms with Crippen molar-refractivity contribution in [3.63, 3.8) is 0 Å². The van der Waals surface area contributed by atoms with Gasteiger partial charge in [0.2, 0.25) is 10.0 Å². The van der Waals surface area contributed by atoms with Gasteiger partial charge in [0.25, 0.3) is 0 Å². The van der Waals surface area contributed by atoms with E-state index in [1.807, 2.05) is 22.6 Å². The molecular weight excluding hydrogens is 369 g/mol. The number of aromatic carboxylic acids is 1. The number of hydrogen-bond acceptors (Lipinski definition) is 3. The molecule has 0 aliphatic heterocycles. The highest BCUT2D eigenvalue weighted by Gasteiger charge is 2.22. The Hall–Kier alpha value is -0.930. The van der Waals surface area contributed by atoms with Crippen molar-refractivity contribution in [1.29, 1.82) is 0 Å². The molecule has 0 atom stereocenters. The van der Waals surface area contributed by atoms with Gasteiger partial charge in [0.15, 0.2) is 0 Å². The summed E-state index contributed by atoms with van der Waals surface area (Å²) < 4.78 is 25.8. The minimum absolute atomic E-state index is 0.0244. The topological polar surface area (TPSA) is 74.7 Å². The third kappa shape index (κ3) is 3.09. The van der Waals surface area contributed by atoms with Gasteiger partial charge in [0.05, 0.1) is 10.5 Å². The number of sulfonamides is 1. The SMILES string of the molecule is C=CCN(C)S(=O)(=O)c1ccc(I)c(C(=O)O)c1. The number of hydrogen-bond donors (Lipinski definition) is 1. The average molecular weight is 381 g/mol. The molecule has 1 rings (SSSR count). The van der Waals surface area contributed by atoms with E-state index in [0.717, 1.165) is 4.31 Å². The highest BCUT2D eigenvalue weighted by molar-refractivity contribution is 14.1. The lowest BCUT2D eigenvalue weighted by molar-refractivity contribution is 0.0695. The maximum atomic E-state index is 12.1. The average Bonchev–Trinajstić information content (AvgIpc) is 2.29. The van der Waals surface area contributed by atoms with Gasteiger partial charge in [-0.3, -0.25) is 0 Å². The first-order valence-electron chi connectivity index (χ1n) is 4.90. The third-order valence-corrected chi connectivity index (χ3v) is 5.02. The first-order chi connectivity index (χ1) is 8.30. The molecule has 1 aromatic carbocycles. The fourth-order valence-corrected chi connectivity index (χ4v) is 3.02. The zero-order valence-corrected chi connectivity index (χ0v) is 12.6. The van der Waals surface area contributed by atoms with Crippen molar-refractivity contribution in [2.24, 2.45) is 0 Å². The second-order valence-electron chi connectivity index (χ2n) is 3.52. The van der Waals surface area contributed by atoms with Crippen LogP contribution in [0.4, 0.5) is 0 Å². The molecule has 5 nitrogen and oxygen atoms in total. The van der Waals surface area contributed by atoms with Gasteiger partial charge in [-0.25, -0.2) is 13.2 Å². The zero-order valence-electron chi connectivity index (χ0n) is 9.63. The molecule has 0 saturated heterocycles. The summed E-state index contributed by atoms with van der Waals surface area (Å²) in [4.78, 5) is 10.9. The van der Waals surface area contributed by atoms with Crippen LogP contribution in [0.15, 0.2) is 35.7 Å². The van der Waals surface area contributed by atoms with E-state index in [1.165, 1.54) is 31.3 Å². The van der Waals surface area contributed by atoms with E-state index in [2.05, 4.69) is 6.58 Å². The van der Waals surface area contributed by atoms with E-state index < -0.39 is 16.0 Å². The minimum Gasteiger partial charge on any atom is -0.478 e. The molecule has 0 radical (unpaired) electrons. The molecule has 98 valence electrons. The number of carboxylic acids is 1. The number of carboxylic acid groups (broad SMARTS) is 1. The van der Waals surface area contributed by atoms with Gasteiger partial charge in [-0.15, -0.1) is 6.58 Å². The van der Waals surface area contributed by atoms with Gasteiger partial charge in [0, 0.05) is 17.2 Å². The zero-order chi connectivity index (χ0) is 13.9. The van der Waals surface area contributed by atoms with Crippen LogP contribution in [0.25, 0.3) is 0 Å². The highest BCUT2D eigenvalue weighted by Crippen LogP contribution is 2.20. The Kier molecular flexibility index (Phi) is 4.88. The van der Waals surface area contributed by atoms with Crippen molar-refractivity contribution in [2.45, 2.75) is 4.90 Å². The van der Waals surface area contributed by atoms with Gasteiger partial charge in [-0.05, 0) is 40.8 Å². The highest BCUT2D eigenvalue weighted by atomic mass is 127. The molecule has 0 unspecified atom stereocenters. The molecule has 18 heavy (non-hydrogen) atoms. The number of rotatable bonds is 5. The van der Waals surface area contributed by atoms with Crippen molar-refractivity contribution < 1.29 is 18.3 Å². The summed E-state index contributed by atoms with van der Waals surface area (Å²) in [6.07, 6.45) is 1.46. The van der Waals surface area contributed by atoms with Crippen molar-refractivity contribution in [2.75, 3.05) is 13.6 Å². The molecule has 0 bridgehead atoms. The Labute approximate surface area is 119 Å². The number of benzene rings is 1. The smallest absolute Gasteiger partial charge is 0.336 e. The predicted molar refractivity (Wildman–Crippen MR) is 76.1 cm³/mol. The summed E-state index contributed by atoms with van der Waals surface area (Å²) >= 11 is 1.85. The molecule has 0 aliphatic carbocycles. The summed E-state index contributed by atoms with van der Waals surface area (Å²) in [5, 5.41) is 8.97. The largest absolute Gasteiger partial charge is 0.478 e. The maximum absolute atomic E-state index is 12.1. The number of nitrogens with zero attached hydrogens (tertiary/aromatic N) is 1. The van der Waals surface area contributed by atoms with Crippen molar-refractivity contribution >= 4 is 38.6 Å². The van der Waals surface area contributed by atoms with Crippen molar-refractivity contribution in [1.82, 2.24) is 4.31 Å². The van der Waals surface area contributed by atoms with E-state index in [0.29, 0.717) is 3.57 Å². The van der Waals surface area contributed by atoms with Crippen LogP contribution in [0.2, 0.25) is 0 Å².